The predicted molar refractivity (Wildman–Crippen MR) is 72.0 cm³/mol. The molecule has 0 saturated heterocycles. The summed E-state index contributed by atoms with van der Waals surface area (Å²) in [5.41, 5.74) is 5.90. The Labute approximate surface area is 108 Å². The summed E-state index contributed by atoms with van der Waals surface area (Å²) in [5, 5.41) is 4.82. The molecule has 0 bridgehead atoms. The topological polar surface area (TPSA) is 17.8 Å². The zero-order valence-corrected chi connectivity index (χ0v) is 11.1. The van der Waals surface area contributed by atoms with E-state index in [2.05, 4.69) is 55.8 Å². The van der Waals surface area contributed by atoms with Gasteiger partial charge in [-0.25, -0.2) is 4.68 Å². The minimum Gasteiger partial charge on any atom is -0.238 e. The fourth-order valence-electron chi connectivity index (χ4n) is 3.85. The average Bonchev–Trinajstić information content (AvgIpc) is 2.72. The maximum atomic E-state index is 4.82. The maximum Gasteiger partial charge on any atom is 0.0670 e. The van der Waals surface area contributed by atoms with Crippen molar-refractivity contribution in [3.05, 3.63) is 47.3 Å². The lowest BCUT2D eigenvalue weighted by atomic mass is 9.98. The SMILES string of the molecule is Cc1c2c(nn1-c1ccccc1)C[C@H]1[C@H]2C1(C)C. The van der Waals surface area contributed by atoms with Gasteiger partial charge in [0.25, 0.3) is 0 Å². The molecule has 18 heavy (non-hydrogen) atoms. The van der Waals surface area contributed by atoms with Crippen molar-refractivity contribution >= 4 is 0 Å². The molecule has 2 atom stereocenters. The van der Waals surface area contributed by atoms with Crippen LogP contribution in [0, 0.1) is 18.3 Å². The summed E-state index contributed by atoms with van der Waals surface area (Å²) < 4.78 is 2.12. The highest BCUT2D eigenvalue weighted by Crippen LogP contribution is 2.70. The Morgan fingerprint density at radius 3 is 2.67 bits per heavy atom. The van der Waals surface area contributed by atoms with Crippen molar-refractivity contribution in [1.29, 1.82) is 0 Å². The second-order valence-corrected chi connectivity index (χ2v) is 6.30. The first-order valence-electron chi connectivity index (χ1n) is 6.74. The van der Waals surface area contributed by atoms with Gasteiger partial charge in [-0.05, 0) is 42.7 Å². The van der Waals surface area contributed by atoms with Crippen molar-refractivity contribution in [2.24, 2.45) is 11.3 Å². The number of hydrogen-bond donors (Lipinski definition) is 0. The second-order valence-electron chi connectivity index (χ2n) is 6.30. The Balaban J connectivity index is 1.84. The molecule has 0 amide bonds. The van der Waals surface area contributed by atoms with Crippen molar-refractivity contribution in [1.82, 2.24) is 9.78 Å². The van der Waals surface area contributed by atoms with Gasteiger partial charge in [-0.15, -0.1) is 0 Å². The third kappa shape index (κ3) is 1.11. The van der Waals surface area contributed by atoms with E-state index in [0.717, 1.165) is 11.8 Å². The van der Waals surface area contributed by atoms with Crippen LogP contribution in [-0.2, 0) is 6.42 Å². The Morgan fingerprint density at radius 1 is 1.22 bits per heavy atom. The van der Waals surface area contributed by atoms with Crippen molar-refractivity contribution in [2.45, 2.75) is 33.1 Å². The molecule has 1 fully saturated rings. The molecule has 2 heteroatoms. The number of benzene rings is 1. The molecule has 2 aliphatic carbocycles. The first-order chi connectivity index (χ1) is 8.60. The summed E-state index contributed by atoms with van der Waals surface area (Å²) >= 11 is 0. The van der Waals surface area contributed by atoms with Crippen molar-refractivity contribution in [2.75, 3.05) is 0 Å². The van der Waals surface area contributed by atoms with E-state index < -0.39 is 0 Å². The van der Waals surface area contributed by atoms with Crippen LogP contribution in [0.4, 0.5) is 0 Å². The molecule has 92 valence electrons. The summed E-state index contributed by atoms with van der Waals surface area (Å²) in [6.45, 7) is 7.00. The quantitative estimate of drug-likeness (QED) is 0.743. The molecular formula is C16H18N2. The molecule has 0 aliphatic heterocycles. The monoisotopic (exact) mass is 238 g/mol. The molecule has 4 rings (SSSR count). The van der Waals surface area contributed by atoms with Crippen LogP contribution < -0.4 is 0 Å². The first-order valence-corrected chi connectivity index (χ1v) is 6.74. The third-order valence-corrected chi connectivity index (χ3v) is 5.01. The van der Waals surface area contributed by atoms with Gasteiger partial charge in [-0.3, -0.25) is 0 Å². The van der Waals surface area contributed by atoms with Crippen LogP contribution in [0.25, 0.3) is 5.69 Å². The first kappa shape index (κ1) is 10.4. The Hall–Kier alpha value is -1.57. The molecule has 1 aromatic carbocycles. The van der Waals surface area contributed by atoms with E-state index >= 15 is 0 Å². The van der Waals surface area contributed by atoms with E-state index in [1.54, 1.807) is 0 Å². The van der Waals surface area contributed by atoms with Crippen LogP contribution in [0.15, 0.2) is 30.3 Å². The van der Waals surface area contributed by atoms with Gasteiger partial charge in [0.05, 0.1) is 11.4 Å². The van der Waals surface area contributed by atoms with E-state index in [-0.39, 0.29) is 0 Å². The fourth-order valence-corrected chi connectivity index (χ4v) is 3.85. The molecule has 1 aromatic heterocycles. The minimum atomic E-state index is 0.502. The van der Waals surface area contributed by atoms with Crippen molar-refractivity contribution < 1.29 is 0 Å². The van der Waals surface area contributed by atoms with Crippen LogP contribution in [0.2, 0.25) is 0 Å². The van der Waals surface area contributed by atoms with Gasteiger partial charge < -0.3 is 0 Å². The second kappa shape index (κ2) is 3.05. The molecule has 1 saturated carbocycles. The highest BCUT2D eigenvalue weighted by Gasteiger charge is 2.63. The summed E-state index contributed by atoms with van der Waals surface area (Å²) in [6, 6.07) is 10.5. The molecule has 0 unspecified atom stereocenters. The maximum absolute atomic E-state index is 4.82. The van der Waals surface area contributed by atoms with Crippen LogP contribution >= 0.6 is 0 Å². The minimum absolute atomic E-state index is 0.502. The number of para-hydroxylation sites is 1. The predicted octanol–water partition coefficient (Wildman–Crippen LogP) is 3.48. The van der Waals surface area contributed by atoms with Crippen LogP contribution in [0.3, 0.4) is 0 Å². The van der Waals surface area contributed by atoms with Gasteiger partial charge >= 0.3 is 0 Å². The Morgan fingerprint density at radius 2 is 1.94 bits per heavy atom. The summed E-state index contributed by atoms with van der Waals surface area (Å²) in [7, 11) is 0. The largest absolute Gasteiger partial charge is 0.238 e. The summed E-state index contributed by atoms with van der Waals surface area (Å²) in [4.78, 5) is 0. The number of hydrogen-bond acceptors (Lipinski definition) is 1. The molecule has 1 heterocycles. The smallest absolute Gasteiger partial charge is 0.0670 e. The molecule has 2 aromatic rings. The van der Waals surface area contributed by atoms with Gasteiger partial charge in [0, 0.05) is 11.3 Å². The number of rotatable bonds is 1. The van der Waals surface area contributed by atoms with Gasteiger partial charge in [0.1, 0.15) is 0 Å². The highest BCUT2D eigenvalue weighted by molar-refractivity contribution is 5.48. The summed E-state index contributed by atoms with van der Waals surface area (Å²) in [5.74, 6) is 1.60. The lowest BCUT2D eigenvalue weighted by molar-refractivity contribution is 0.536. The van der Waals surface area contributed by atoms with Gasteiger partial charge in [0.15, 0.2) is 0 Å². The number of nitrogens with zero attached hydrogens (tertiary/aromatic N) is 2. The molecule has 0 N–H and O–H groups in total. The Kier molecular flexibility index (Phi) is 1.76. The molecule has 2 nitrogen and oxygen atoms in total. The highest BCUT2D eigenvalue weighted by atomic mass is 15.3. The van der Waals surface area contributed by atoms with Crippen molar-refractivity contribution in [3.63, 3.8) is 0 Å². The third-order valence-electron chi connectivity index (χ3n) is 5.01. The zero-order valence-electron chi connectivity index (χ0n) is 11.1. The van der Waals surface area contributed by atoms with Crippen LogP contribution in [-0.4, -0.2) is 9.78 Å². The lowest BCUT2D eigenvalue weighted by Crippen LogP contribution is -2.00. The normalized spacial score (nSPS) is 26.8. The fraction of sp³-hybridized carbons (Fsp3) is 0.438. The van der Waals surface area contributed by atoms with Gasteiger partial charge in [-0.2, -0.15) is 5.10 Å². The molecular weight excluding hydrogens is 220 g/mol. The number of aromatic nitrogens is 2. The summed E-state index contributed by atoms with van der Waals surface area (Å²) in [6.07, 6.45) is 1.17. The average molecular weight is 238 g/mol. The number of fused-ring (bicyclic) bond motifs is 3. The zero-order chi connectivity index (χ0) is 12.5. The van der Waals surface area contributed by atoms with E-state index in [4.69, 9.17) is 5.10 Å². The van der Waals surface area contributed by atoms with E-state index in [9.17, 15) is 0 Å². The standard InChI is InChI=1S/C16H18N2/c1-10-14-13(9-12-15(14)16(12,2)3)17-18(10)11-7-5-4-6-8-11/h4-8,12,15H,9H2,1-3H3/t12-,15+/m0/s1. The Bertz CT molecular complexity index is 622. The lowest BCUT2D eigenvalue weighted by Gasteiger charge is -2.07. The van der Waals surface area contributed by atoms with E-state index in [1.807, 2.05) is 0 Å². The van der Waals surface area contributed by atoms with Crippen LogP contribution in [0.1, 0.15) is 36.7 Å². The molecule has 2 aliphatic rings. The molecule has 0 spiro atoms. The molecule has 0 radical (unpaired) electrons. The van der Waals surface area contributed by atoms with E-state index in [0.29, 0.717) is 5.41 Å². The van der Waals surface area contributed by atoms with Crippen LogP contribution in [0.5, 0.6) is 0 Å². The van der Waals surface area contributed by atoms with Crippen molar-refractivity contribution in [3.8, 4) is 5.69 Å². The van der Waals surface area contributed by atoms with Gasteiger partial charge in [0.2, 0.25) is 0 Å². The van der Waals surface area contributed by atoms with E-state index in [1.165, 1.54) is 29.1 Å². The van der Waals surface area contributed by atoms with Gasteiger partial charge in [-0.1, -0.05) is 32.0 Å².